The summed E-state index contributed by atoms with van der Waals surface area (Å²) in [7, 11) is 3.72. The number of allylic oxidation sites excluding steroid dienone is 1. The molecule has 0 saturated carbocycles. The number of likely N-dealkylation sites (tertiary alicyclic amines) is 1. The molecule has 124 valence electrons. The molecule has 0 aliphatic carbocycles. The Bertz CT molecular complexity index is 472. The first-order chi connectivity index (χ1) is 10.1. The second-order valence-corrected chi connectivity index (χ2v) is 6.42. The number of piperidine rings is 1. The number of urea groups is 1. The van der Waals surface area contributed by atoms with Crippen LogP contribution in [0.25, 0.3) is 0 Å². The Balaban J connectivity index is 0.00000176. The molecular formula is C15H25IN4O2. The van der Waals surface area contributed by atoms with Gasteiger partial charge in [0.15, 0.2) is 6.21 Å². The molecule has 0 unspecified atom stereocenters. The summed E-state index contributed by atoms with van der Waals surface area (Å²) in [5, 5.41) is 2.05. The maximum Gasteiger partial charge on any atom is 0.328 e. The molecule has 3 aliphatic rings. The highest BCUT2D eigenvalue weighted by atomic mass is 127. The monoisotopic (exact) mass is 420 g/mol. The van der Waals surface area contributed by atoms with E-state index in [9.17, 15) is 4.79 Å². The maximum atomic E-state index is 12.5. The fourth-order valence-electron chi connectivity index (χ4n) is 3.56. The van der Waals surface area contributed by atoms with E-state index in [1.807, 2.05) is 35.0 Å². The molecule has 2 amide bonds. The van der Waals surface area contributed by atoms with Crippen LogP contribution in [-0.4, -0.2) is 78.7 Å². The average Bonchev–Trinajstić information content (AvgIpc) is 2.90. The fraction of sp³-hybridized carbons (Fsp3) is 0.733. The van der Waals surface area contributed by atoms with Gasteiger partial charge in [-0.3, -0.25) is 0 Å². The first kappa shape index (κ1) is 17.7. The summed E-state index contributed by atoms with van der Waals surface area (Å²) >= 11 is 0. The predicted octanol–water partition coefficient (Wildman–Crippen LogP) is -2.04. The number of halogens is 1. The maximum absolute atomic E-state index is 12.5. The van der Waals surface area contributed by atoms with Gasteiger partial charge < -0.3 is 33.7 Å². The van der Waals surface area contributed by atoms with E-state index in [0.29, 0.717) is 12.1 Å². The summed E-state index contributed by atoms with van der Waals surface area (Å²) in [6, 6.07) is 0.127. The van der Waals surface area contributed by atoms with E-state index in [-0.39, 0.29) is 30.0 Å². The lowest BCUT2D eigenvalue weighted by molar-refractivity contribution is -0.510. The van der Waals surface area contributed by atoms with Gasteiger partial charge in [0, 0.05) is 38.5 Å². The fourth-order valence-corrected chi connectivity index (χ4v) is 3.56. The third-order valence-corrected chi connectivity index (χ3v) is 4.98. The number of hydrogen-bond donors (Lipinski definition) is 0. The zero-order chi connectivity index (χ0) is 14.9. The van der Waals surface area contributed by atoms with Crippen molar-refractivity contribution in [3.8, 4) is 0 Å². The summed E-state index contributed by atoms with van der Waals surface area (Å²) in [5.74, 6) is 0. The largest absolute Gasteiger partial charge is 1.00 e. The van der Waals surface area contributed by atoms with Gasteiger partial charge in [-0.2, -0.15) is 5.06 Å². The van der Waals surface area contributed by atoms with Gasteiger partial charge in [0.1, 0.15) is 7.05 Å². The lowest BCUT2D eigenvalue weighted by atomic mass is 9.78. The van der Waals surface area contributed by atoms with Crippen molar-refractivity contribution in [1.29, 1.82) is 0 Å². The van der Waals surface area contributed by atoms with Gasteiger partial charge >= 0.3 is 6.03 Å². The Hall–Kier alpha value is -0.670. The van der Waals surface area contributed by atoms with Gasteiger partial charge in [-0.15, -0.1) is 0 Å². The lowest BCUT2D eigenvalue weighted by Gasteiger charge is -2.40. The van der Waals surface area contributed by atoms with Crippen molar-refractivity contribution in [2.75, 3.05) is 47.0 Å². The van der Waals surface area contributed by atoms with Gasteiger partial charge in [0.05, 0.1) is 7.11 Å². The number of rotatable bonds is 1. The summed E-state index contributed by atoms with van der Waals surface area (Å²) in [4.78, 5) is 21.7. The molecule has 3 rings (SSSR count). The third kappa shape index (κ3) is 3.62. The summed E-state index contributed by atoms with van der Waals surface area (Å²) in [6.45, 7) is 4.36. The topological polar surface area (TPSA) is 39.0 Å². The molecule has 7 heteroatoms. The molecule has 1 spiro atoms. The normalized spacial score (nSPS) is 24.4. The standard InChI is InChI=1S/C15H25N4O2.HI/c1-16-7-3-8-18(13-16)14(20)17-9-4-15(5-10-17)6-11-19(12-15)21-2;/h3,7-8H,4-6,9-13H2,1-2H3;1H/q+1;/p-1. The van der Waals surface area contributed by atoms with Gasteiger partial charge in [-0.1, -0.05) is 0 Å². The van der Waals surface area contributed by atoms with Gasteiger partial charge in [-0.25, -0.2) is 14.3 Å². The van der Waals surface area contributed by atoms with Gasteiger partial charge in [0.2, 0.25) is 6.67 Å². The van der Waals surface area contributed by atoms with Crippen molar-refractivity contribution < 1.29 is 38.2 Å². The average molecular weight is 420 g/mol. The smallest absolute Gasteiger partial charge is 0.328 e. The van der Waals surface area contributed by atoms with Crippen LogP contribution in [0.15, 0.2) is 12.3 Å². The Labute approximate surface area is 149 Å². The highest BCUT2D eigenvalue weighted by Gasteiger charge is 2.42. The third-order valence-electron chi connectivity index (χ3n) is 4.98. The number of amides is 2. The minimum absolute atomic E-state index is 0. The molecule has 0 bridgehead atoms. The van der Waals surface area contributed by atoms with Gasteiger partial charge in [0.25, 0.3) is 0 Å². The van der Waals surface area contributed by atoms with Gasteiger partial charge in [-0.05, 0) is 24.7 Å². The number of carbonyl (C=O) groups excluding carboxylic acids is 1. The van der Waals surface area contributed by atoms with Crippen LogP contribution in [0.4, 0.5) is 4.79 Å². The Kier molecular flexibility index (Phi) is 5.84. The molecule has 0 aromatic rings. The Morgan fingerprint density at radius 1 is 1.23 bits per heavy atom. The minimum Gasteiger partial charge on any atom is -1.00 e. The highest BCUT2D eigenvalue weighted by molar-refractivity contribution is 5.77. The van der Waals surface area contributed by atoms with Crippen molar-refractivity contribution in [2.24, 2.45) is 5.41 Å². The predicted molar refractivity (Wildman–Crippen MR) is 79.9 cm³/mol. The minimum atomic E-state index is 0. The molecule has 2 saturated heterocycles. The molecular weight excluding hydrogens is 395 g/mol. The molecule has 3 heterocycles. The van der Waals surface area contributed by atoms with Crippen molar-refractivity contribution in [3.63, 3.8) is 0 Å². The van der Waals surface area contributed by atoms with Crippen LogP contribution >= 0.6 is 0 Å². The van der Waals surface area contributed by atoms with E-state index in [1.54, 1.807) is 12.0 Å². The highest BCUT2D eigenvalue weighted by Crippen LogP contribution is 2.40. The van der Waals surface area contributed by atoms with Crippen molar-refractivity contribution >= 4 is 12.2 Å². The zero-order valence-corrected chi connectivity index (χ0v) is 15.5. The van der Waals surface area contributed by atoms with Crippen LogP contribution in [0, 0.1) is 5.41 Å². The van der Waals surface area contributed by atoms with E-state index in [2.05, 4.69) is 5.06 Å². The van der Waals surface area contributed by atoms with E-state index in [0.717, 1.165) is 39.0 Å². The summed E-state index contributed by atoms with van der Waals surface area (Å²) in [5.41, 5.74) is 0.356. The first-order valence-electron chi connectivity index (χ1n) is 7.68. The van der Waals surface area contributed by atoms with Crippen LogP contribution in [0.1, 0.15) is 19.3 Å². The van der Waals surface area contributed by atoms with E-state index >= 15 is 0 Å². The molecule has 2 fully saturated rings. The number of hydrogen-bond acceptors (Lipinski definition) is 3. The SMILES string of the molecule is CON1CCC2(CCN(C(=O)N3C=CC=[N+](C)C3)CC2)C1.[I-]. The van der Waals surface area contributed by atoms with Crippen molar-refractivity contribution in [1.82, 2.24) is 14.9 Å². The Morgan fingerprint density at radius 2 is 1.91 bits per heavy atom. The van der Waals surface area contributed by atoms with Crippen LogP contribution in [0.2, 0.25) is 0 Å². The Morgan fingerprint density at radius 3 is 2.50 bits per heavy atom. The van der Waals surface area contributed by atoms with E-state index in [4.69, 9.17) is 4.84 Å². The number of carbonyl (C=O) groups is 1. The van der Waals surface area contributed by atoms with Crippen LogP contribution < -0.4 is 24.0 Å². The second kappa shape index (κ2) is 7.27. The van der Waals surface area contributed by atoms with Crippen LogP contribution in [-0.2, 0) is 4.84 Å². The van der Waals surface area contributed by atoms with Crippen molar-refractivity contribution in [3.05, 3.63) is 12.3 Å². The molecule has 6 nitrogen and oxygen atoms in total. The molecule has 0 radical (unpaired) electrons. The van der Waals surface area contributed by atoms with Crippen molar-refractivity contribution in [2.45, 2.75) is 19.3 Å². The quantitative estimate of drug-likeness (QED) is 0.363. The van der Waals surface area contributed by atoms with E-state index in [1.165, 1.54) is 6.42 Å². The van der Waals surface area contributed by atoms with Crippen LogP contribution in [0.5, 0.6) is 0 Å². The molecule has 0 aromatic carbocycles. The lowest BCUT2D eigenvalue weighted by Crippen LogP contribution is -3.00. The molecule has 3 aliphatic heterocycles. The zero-order valence-electron chi connectivity index (χ0n) is 13.4. The molecule has 0 atom stereocenters. The number of hydroxylamine groups is 2. The van der Waals surface area contributed by atoms with E-state index < -0.39 is 0 Å². The van der Waals surface area contributed by atoms with Crippen LogP contribution in [0.3, 0.4) is 0 Å². The molecule has 22 heavy (non-hydrogen) atoms. The molecule has 0 N–H and O–H groups in total. The summed E-state index contributed by atoms with van der Waals surface area (Å²) < 4.78 is 2.01. The first-order valence-corrected chi connectivity index (χ1v) is 7.68. The molecule has 0 aromatic heterocycles. The summed E-state index contributed by atoms with van der Waals surface area (Å²) in [6.07, 6.45) is 9.11. The number of nitrogens with zero attached hydrogens (tertiary/aromatic N) is 4. The second-order valence-electron chi connectivity index (χ2n) is 6.42.